The summed E-state index contributed by atoms with van der Waals surface area (Å²) in [5.41, 5.74) is -0.334. The third-order valence-corrected chi connectivity index (χ3v) is 4.44. The first-order chi connectivity index (χ1) is 9.20. The van der Waals surface area contributed by atoms with E-state index in [0.717, 1.165) is 52.0 Å². The molecular weight excluding hydrogens is 242 g/mol. The molecule has 0 aromatic heterocycles. The first-order valence-electron chi connectivity index (χ1n) is 7.57. The number of morpholine rings is 1. The van der Waals surface area contributed by atoms with E-state index >= 15 is 0 Å². The molecule has 0 radical (unpaired) electrons. The van der Waals surface area contributed by atoms with Crippen molar-refractivity contribution in [1.82, 2.24) is 15.5 Å². The van der Waals surface area contributed by atoms with Gasteiger partial charge in [-0.15, -0.1) is 0 Å². The molecule has 2 rings (SSSR count). The lowest BCUT2D eigenvalue weighted by Gasteiger charge is -2.33. The zero-order chi connectivity index (χ0) is 13.7. The fourth-order valence-corrected chi connectivity index (χ4v) is 3.03. The Morgan fingerprint density at radius 1 is 1.53 bits per heavy atom. The predicted molar refractivity (Wildman–Crippen MR) is 75.1 cm³/mol. The Morgan fingerprint density at radius 2 is 2.37 bits per heavy atom. The van der Waals surface area contributed by atoms with Crippen LogP contribution < -0.4 is 10.6 Å². The summed E-state index contributed by atoms with van der Waals surface area (Å²) in [6, 6.07) is 0. The van der Waals surface area contributed by atoms with E-state index in [0.29, 0.717) is 6.54 Å². The van der Waals surface area contributed by atoms with Gasteiger partial charge in [-0.1, -0.05) is 13.8 Å². The van der Waals surface area contributed by atoms with Crippen molar-refractivity contribution in [2.24, 2.45) is 0 Å². The molecule has 0 aromatic carbocycles. The molecule has 0 spiro atoms. The molecule has 0 saturated carbocycles. The number of rotatable bonds is 5. The van der Waals surface area contributed by atoms with E-state index in [1.807, 2.05) is 0 Å². The number of carbonyl (C=O) groups is 1. The number of hydrogen-bond donors (Lipinski definition) is 2. The molecule has 2 aliphatic rings. The van der Waals surface area contributed by atoms with Gasteiger partial charge in [-0.05, 0) is 32.4 Å². The Labute approximate surface area is 116 Å². The largest absolute Gasteiger partial charge is 0.374 e. The molecule has 2 N–H and O–H groups in total. The number of ether oxygens (including phenoxy) is 1. The quantitative estimate of drug-likeness (QED) is 0.756. The van der Waals surface area contributed by atoms with Crippen LogP contribution in [0.25, 0.3) is 0 Å². The van der Waals surface area contributed by atoms with Crippen LogP contribution in [-0.2, 0) is 9.53 Å². The second-order valence-electron chi connectivity index (χ2n) is 5.56. The Balaban J connectivity index is 1.79. The van der Waals surface area contributed by atoms with Crippen molar-refractivity contribution in [3.63, 3.8) is 0 Å². The minimum atomic E-state index is -0.334. The average Bonchev–Trinajstić information content (AvgIpc) is 2.95. The third kappa shape index (κ3) is 3.46. The summed E-state index contributed by atoms with van der Waals surface area (Å²) in [5, 5.41) is 6.44. The van der Waals surface area contributed by atoms with Crippen molar-refractivity contribution in [1.29, 1.82) is 0 Å². The lowest BCUT2D eigenvalue weighted by atomic mass is 9.93. The van der Waals surface area contributed by atoms with Crippen LogP contribution in [0.4, 0.5) is 0 Å². The second kappa shape index (κ2) is 6.68. The summed E-state index contributed by atoms with van der Waals surface area (Å²) in [7, 11) is 0. The SMILES string of the molecule is CCN1CCOC(CNC(=O)C2(CC)CCCN2)C1. The van der Waals surface area contributed by atoms with Gasteiger partial charge in [0.25, 0.3) is 0 Å². The average molecular weight is 269 g/mol. The van der Waals surface area contributed by atoms with E-state index in [-0.39, 0.29) is 17.6 Å². The summed E-state index contributed by atoms with van der Waals surface area (Å²) in [5.74, 6) is 0.143. The summed E-state index contributed by atoms with van der Waals surface area (Å²) < 4.78 is 5.71. The molecule has 2 unspecified atom stereocenters. The standard InChI is InChI=1S/C14H27N3O2/c1-3-14(6-5-7-16-14)13(18)15-10-12-11-17(4-2)8-9-19-12/h12,16H,3-11H2,1-2H3,(H,15,18). The van der Waals surface area contributed by atoms with E-state index in [1.54, 1.807) is 0 Å². The van der Waals surface area contributed by atoms with Gasteiger partial charge in [0.05, 0.1) is 18.2 Å². The first kappa shape index (κ1) is 14.8. The lowest BCUT2D eigenvalue weighted by molar-refractivity contribution is -0.128. The molecule has 2 atom stereocenters. The van der Waals surface area contributed by atoms with Gasteiger partial charge < -0.3 is 15.4 Å². The molecule has 2 fully saturated rings. The zero-order valence-corrected chi connectivity index (χ0v) is 12.2. The molecule has 2 heterocycles. The Morgan fingerprint density at radius 3 is 3.00 bits per heavy atom. The van der Waals surface area contributed by atoms with E-state index in [4.69, 9.17) is 4.74 Å². The minimum Gasteiger partial charge on any atom is -0.374 e. The van der Waals surface area contributed by atoms with E-state index in [9.17, 15) is 4.79 Å². The minimum absolute atomic E-state index is 0.132. The normalized spacial score (nSPS) is 32.4. The number of likely N-dealkylation sites (N-methyl/N-ethyl adjacent to an activating group) is 1. The van der Waals surface area contributed by atoms with Gasteiger partial charge in [-0.2, -0.15) is 0 Å². The topological polar surface area (TPSA) is 53.6 Å². The van der Waals surface area contributed by atoms with Crippen LogP contribution in [0.1, 0.15) is 33.1 Å². The molecule has 2 aliphatic heterocycles. The number of carbonyl (C=O) groups excluding carboxylic acids is 1. The van der Waals surface area contributed by atoms with E-state index in [2.05, 4.69) is 29.4 Å². The highest BCUT2D eigenvalue weighted by Crippen LogP contribution is 2.23. The van der Waals surface area contributed by atoms with E-state index in [1.165, 1.54) is 0 Å². The van der Waals surface area contributed by atoms with Gasteiger partial charge in [-0.25, -0.2) is 0 Å². The second-order valence-corrected chi connectivity index (χ2v) is 5.56. The van der Waals surface area contributed by atoms with Crippen LogP contribution in [0.3, 0.4) is 0 Å². The van der Waals surface area contributed by atoms with Crippen molar-refractivity contribution < 1.29 is 9.53 Å². The molecule has 5 nitrogen and oxygen atoms in total. The van der Waals surface area contributed by atoms with Crippen molar-refractivity contribution in [2.45, 2.75) is 44.8 Å². The molecule has 5 heteroatoms. The molecule has 2 saturated heterocycles. The Kier molecular flexibility index (Phi) is 5.19. The van der Waals surface area contributed by atoms with Gasteiger partial charge in [-0.3, -0.25) is 9.69 Å². The van der Waals surface area contributed by atoms with Crippen LogP contribution in [0, 0.1) is 0 Å². The fraction of sp³-hybridized carbons (Fsp3) is 0.929. The number of nitrogens with one attached hydrogen (secondary N) is 2. The monoisotopic (exact) mass is 269 g/mol. The number of hydrogen-bond acceptors (Lipinski definition) is 4. The summed E-state index contributed by atoms with van der Waals surface area (Å²) in [6.45, 7) is 9.55. The fourth-order valence-electron chi connectivity index (χ4n) is 3.03. The number of amides is 1. The van der Waals surface area contributed by atoms with Crippen LogP contribution in [-0.4, -0.2) is 61.8 Å². The molecule has 19 heavy (non-hydrogen) atoms. The first-order valence-corrected chi connectivity index (χ1v) is 7.57. The van der Waals surface area contributed by atoms with Gasteiger partial charge in [0.2, 0.25) is 5.91 Å². The highest BCUT2D eigenvalue weighted by molar-refractivity contribution is 5.86. The zero-order valence-electron chi connectivity index (χ0n) is 12.2. The van der Waals surface area contributed by atoms with E-state index < -0.39 is 0 Å². The molecule has 110 valence electrons. The predicted octanol–water partition coefficient (Wildman–Crippen LogP) is 0.356. The molecule has 0 aliphatic carbocycles. The Hall–Kier alpha value is -0.650. The van der Waals surface area contributed by atoms with Crippen LogP contribution in [0.5, 0.6) is 0 Å². The number of nitrogens with zero attached hydrogens (tertiary/aromatic N) is 1. The highest BCUT2D eigenvalue weighted by Gasteiger charge is 2.39. The maximum absolute atomic E-state index is 12.3. The maximum atomic E-state index is 12.3. The van der Waals surface area contributed by atoms with Gasteiger partial charge in [0, 0.05) is 19.6 Å². The van der Waals surface area contributed by atoms with Crippen LogP contribution >= 0.6 is 0 Å². The molecule has 0 aromatic rings. The molecule has 0 bridgehead atoms. The summed E-state index contributed by atoms with van der Waals surface area (Å²) >= 11 is 0. The highest BCUT2D eigenvalue weighted by atomic mass is 16.5. The molecular formula is C14H27N3O2. The summed E-state index contributed by atoms with van der Waals surface area (Å²) in [4.78, 5) is 14.7. The third-order valence-electron chi connectivity index (χ3n) is 4.44. The smallest absolute Gasteiger partial charge is 0.240 e. The maximum Gasteiger partial charge on any atom is 0.240 e. The molecule has 1 amide bonds. The van der Waals surface area contributed by atoms with Gasteiger partial charge >= 0.3 is 0 Å². The van der Waals surface area contributed by atoms with Gasteiger partial charge in [0.1, 0.15) is 0 Å². The van der Waals surface area contributed by atoms with Gasteiger partial charge in [0.15, 0.2) is 0 Å². The lowest BCUT2D eigenvalue weighted by Crippen LogP contribution is -2.55. The van der Waals surface area contributed by atoms with Crippen LogP contribution in [0.2, 0.25) is 0 Å². The summed E-state index contributed by atoms with van der Waals surface area (Å²) in [6.07, 6.45) is 3.02. The van der Waals surface area contributed by atoms with Crippen molar-refractivity contribution in [3.05, 3.63) is 0 Å². The van der Waals surface area contributed by atoms with Crippen molar-refractivity contribution in [2.75, 3.05) is 39.3 Å². The van der Waals surface area contributed by atoms with Crippen molar-refractivity contribution >= 4 is 5.91 Å². The Bertz CT molecular complexity index is 303. The van der Waals surface area contributed by atoms with Crippen LogP contribution in [0.15, 0.2) is 0 Å². The van der Waals surface area contributed by atoms with Crippen molar-refractivity contribution in [3.8, 4) is 0 Å².